The molecule has 5 rings (SSSR count). The number of benzene rings is 2. The standard InChI is InChI=1S/C39H47N3O10S2/c1-38(2)29-15-10-11-16-31(29)40(25-13-14-26-53(46,47)48)33(38)17-7-5-8-18-34-39(3,4)30-27-28(54(49,50)51)20-21-32(30)41(34)24-12-6-9-19-37(45)52-42-35(43)22-23-36(42)44/h5,7-8,10-11,15-18,20-21,27H,6,9,12-14,19,22-26H2,1-4H3,(H-,46,47,48,49,50,51)/p+1. The lowest BCUT2D eigenvalue weighted by atomic mass is 9.81. The monoisotopic (exact) mass is 782 g/mol. The van der Waals surface area contributed by atoms with Gasteiger partial charge in [-0.2, -0.15) is 21.4 Å². The summed E-state index contributed by atoms with van der Waals surface area (Å²) in [6, 6.07) is 12.7. The van der Waals surface area contributed by atoms with E-state index in [1.807, 2.05) is 62.4 Å². The van der Waals surface area contributed by atoms with Gasteiger partial charge in [0.05, 0.1) is 16.1 Å². The number of rotatable bonds is 16. The third-order valence-corrected chi connectivity index (χ3v) is 11.8. The van der Waals surface area contributed by atoms with Crippen LogP contribution in [-0.2, 0) is 50.3 Å². The lowest BCUT2D eigenvalue weighted by Crippen LogP contribution is -2.32. The highest BCUT2D eigenvalue weighted by Crippen LogP contribution is 2.48. The quantitative estimate of drug-likeness (QED) is 0.0677. The van der Waals surface area contributed by atoms with E-state index in [4.69, 9.17) is 4.84 Å². The number of hydrogen-bond acceptors (Lipinski definition) is 9. The van der Waals surface area contributed by atoms with Crippen LogP contribution in [-0.4, -0.2) is 77.9 Å². The molecule has 3 heterocycles. The van der Waals surface area contributed by atoms with Crippen LogP contribution in [0.2, 0.25) is 0 Å². The predicted molar refractivity (Wildman–Crippen MR) is 204 cm³/mol. The second-order valence-electron chi connectivity index (χ2n) is 14.8. The zero-order valence-electron chi connectivity index (χ0n) is 31.0. The number of anilines is 1. The van der Waals surface area contributed by atoms with Crippen LogP contribution in [0.3, 0.4) is 0 Å². The van der Waals surface area contributed by atoms with Crippen LogP contribution in [0.1, 0.15) is 90.2 Å². The average molecular weight is 783 g/mol. The number of carbonyl (C=O) groups excluding carboxylic acids is 3. The smallest absolute Gasteiger partial charge is 0.333 e. The van der Waals surface area contributed by atoms with Crippen LogP contribution in [0.4, 0.5) is 11.4 Å². The molecule has 1 saturated heterocycles. The fourth-order valence-electron chi connectivity index (χ4n) is 7.37. The molecular weight excluding hydrogens is 735 g/mol. The highest BCUT2D eigenvalue weighted by Gasteiger charge is 2.44. The minimum Gasteiger partial charge on any atom is -0.344 e. The molecule has 2 aromatic carbocycles. The summed E-state index contributed by atoms with van der Waals surface area (Å²) >= 11 is 0. The number of amides is 2. The molecule has 290 valence electrons. The molecule has 0 bridgehead atoms. The third kappa shape index (κ3) is 9.08. The maximum Gasteiger partial charge on any atom is 0.333 e. The maximum absolute atomic E-state index is 12.3. The first-order valence-corrected chi connectivity index (χ1v) is 21.1. The molecule has 0 saturated carbocycles. The number of nitrogens with zero attached hydrogens (tertiary/aromatic N) is 3. The molecule has 3 aliphatic heterocycles. The van der Waals surface area contributed by atoms with Crippen LogP contribution in [0.25, 0.3) is 0 Å². The molecule has 0 atom stereocenters. The van der Waals surface area contributed by atoms with Gasteiger partial charge in [-0.1, -0.05) is 56.7 Å². The van der Waals surface area contributed by atoms with Crippen molar-refractivity contribution in [3.8, 4) is 0 Å². The van der Waals surface area contributed by atoms with E-state index < -0.39 is 43.4 Å². The summed E-state index contributed by atoms with van der Waals surface area (Å²) in [5, 5.41) is 0.547. The number of hydroxylamine groups is 2. The summed E-state index contributed by atoms with van der Waals surface area (Å²) in [4.78, 5) is 42.7. The zero-order valence-corrected chi connectivity index (χ0v) is 32.7. The molecule has 0 spiro atoms. The van der Waals surface area contributed by atoms with E-state index in [9.17, 15) is 40.3 Å². The molecule has 15 heteroatoms. The second kappa shape index (κ2) is 16.1. The van der Waals surface area contributed by atoms with E-state index in [1.165, 1.54) is 12.1 Å². The van der Waals surface area contributed by atoms with Gasteiger partial charge in [0.15, 0.2) is 5.71 Å². The van der Waals surface area contributed by atoms with E-state index in [1.54, 1.807) is 6.07 Å². The first kappa shape index (κ1) is 40.7. The fraction of sp³-hybridized carbons (Fsp3) is 0.436. The SMILES string of the molecule is CC1(C)C(/C=C/C=C/C=C2/N(CCCCCC(=O)ON3C(=O)CCC3=O)c3ccc(S(=O)(=O)O)cc3C2(C)C)=[N+](CCCCS(=O)(=O)O)c2ccccc21. The Morgan fingerprint density at radius 3 is 2.24 bits per heavy atom. The van der Waals surface area contributed by atoms with Gasteiger partial charge in [-0.3, -0.25) is 18.7 Å². The van der Waals surface area contributed by atoms with E-state index >= 15 is 0 Å². The van der Waals surface area contributed by atoms with Gasteiger partial charge in [0.1, 0.15) is 6.54 Å². The average Bonchev–Trinajstić information content (AvgIpc) is 3.60. The lowest BCUT2D eigenvalue weighted by Gasteiger charge is -2.27. The first-order chi connectivity index (χ1) is 25.3. The Morgan fingerprint density at radius 1 is 0.852 bits per heavy atom. The largest absolute Gasteiger partial charge is 0.344 e. The minimum absolute atomic E-state index is 0.0297. The second-order valence-corrected chi connectivity index (χ2v) is 17.7. The van der Waals surface area contributed by atoms with Crippen LogP contribution in [0, 0.1) is 0 Å². The highest BCUT2D eigenvalue weighted by molar-refractivity contribution is 7.86. The summed E-state index contributed by atoms with van der Waals surface area (Å²) in [5.41, 5.74) is 4.75. The Balaban J connectivity index is 1.33. The van der Waals surface area contributed by atoms with Crippen LogP contribution < -0.4 is 4.90 Å². The number of hydrogen-bond donors (Lipinski definition) is 2. The molecule has 13 nitrogen and oxygen atoms in total. The maximum atomic E-state index is 12.3. The van der Waals surface area contributed by atoms with Gasteiger partial charge in [-0.15, -0.1) is 5.06 Å². The van der Waals surface area contributed by atoms with Crippen molar-refractivity contribution in [1.82, 2.24) is 5.06 Å². The van der Waals surface area contributed by atoms with Crippen molar-refractivity contribution in [2.24, 2.45) is 0 Å². The number of unbranched alkanes of at least 4 members (excludes halogenated alkanes) is 3. The van der Waals surface area contributed by atoms with Crippen molar-refractivity contribution in [2.75, 3.05) is 23.7 Å². The summed E-state index contributed by atoms with van der Waals surface area (Å²) in [6.45, 7) is 9.39. The molecular formula is C39H48N3O10S2+. The Bertz CT molecular complexity index is 2150. The Kier molecular flexibility index (Phi) is 12.2. The molecule has 1 fully saturated rings. The van der Waals surface area contributed by atoms with Gasteiger partial charge in [0.25, 0.3) is 32.1 Å². The van der Waals surface area contributed by atoms with Gasteiger partial charge in [0, 0.05) is 66.7 Å². The van der Waals surface area contributed by atoms with Crippen LogP contribution in [0.5, 0.6) is 0 Å². The van der Waals surface area contributed by atoms with E-state index in [0.29, 0.717) is 50.3 Å². The zero-order chi connectivity index (χ0) is 39.5. The van der Waals surface area contributed by atoms with E-state index in [-0.39, 0.29) is 35.3 Å². The molecule has 0 aliphatic carbocycles. The molecule has 0 unspecified atom stereocenters. The first-order valence-electron chi connectivity index (χ1n) is 18.0. The topological polar surface area (TPSA) is 179 Å². The van der Waals surface area contributed by atoms with Gasteiger partial charge >= 0.3 is 5.97 Å². The third-order valence-electron chi connectivity index (χ3n) is 10.2. The van der Waals surface area contributed by atoms with E-state index in [2.05, 4.69) is 29.4 Å². The number of carbonyl (C=O) groups is 3. The summed E-state index contributed by atoms with van der Waals surface area (Å²) in [6.07, 6.45) is 12.6. The summed E-state index contributed by atoms with van der Waals surface area (Å²) < 4.78 is 67.8. The van der Waals surface area contributed by atoms with Crippen molar-refractivity contribution in [2.45, 2.75) is 94.8 Å². The van der Waals surface area contributed by atoms with Crippen LogP contribution in [0.15, 0.2) is 83.4 Å². The molecule has 0 aromatic heterocycles. The minimum atomic E-state index is -4.43. The van der Waals surface area contributed by atoms with Crippen molar-refractivity contribution in [3.05, 3.63) is 89.7 Å². The normalized spacial score (nSPS) is 18.8. The van der Waals surface area contributed by atoms with Gasteiger partial charge < -0.3 is 9.74 Å². The lowest BCUT2D eigenvalue weighted by molar-refractivity contribution is -0.438. The molecule has 2 amide bonds. The predicted octanol–water partition coefficient (Wildman–Crippen LogP) is 5.94. The molecule has 54 heavy (non-hydrogen) atoms. The highest BCUT2D eigenvalue weighted by atomic mass is 32.2. The van der Waals surface area contributed by atoms with Crippen molar-refractivity contribution in [3.63, 3.8) is 0 Å². The summed E-state index contributed by atoms with van der Waals surface area (Å²) in [7, 11) is -8.47. The van der Waals surface area contributed by atoms with Gasteiger partial charge in [0.2, 0.25) is 5.69 Å². The molecule has 0 radical (unpaired) electrons. The summed E-state index contributed by atoms with van der Waals surface area (Å²) in [5.74, 6) is -1.98. The number of fused-ring (bicyclic) bond motifs is 2. The molecule has 2 aromatic rings. The van der Waals surface area contributed by atoms with Gasteiger partial charge in [-0.25, -0.2) is 4.79 Å². The fourth-order valence-corrected chi connectivity index (χ4v) is 8.45. The van der Waals surface area contributed by atoms with Gasteiger partial charge in [-0.05, 0) is 62.9 Å². The molecule has 3 aliphatic rings. The Morgan fingerprint density at radius 2 is 1.56 bits per heavy atom. The van der Waals surface area contributed by atoms with Crippen LogP contribution >= 0.6 is 0 Å². The number of para-hydroxylation sites is 1. The number of allylic oxidation sites excluding steroid dienone is 6. The van der Waals surface area contributed by atoms with Crippen molar-refractivity contribution in [1.29, 1.82) is 0 Å². The Labute approximate surface area is 317 Å². The van der Waals surface area contributed by atoms with Crippen molar-refractivity contribution >= 4 is 55.1 Å². The molecule has 2 N–H and O–H groups in total. The Hall–Kier alpha value is -4.44. The van der Waals surface area contributed by atoms with E-state index in [0.717, 1.165) is 33.9 Å². The number of imide groups is 1. The van der Waals surface area contributed by atoms with Crippen molar-refractivity contribution < 1.29 is 49.7 Å².